The fourth-order valence-corrected chi connectivity index (χ4v) is 3.03. The number of nitrogens with one attached hydrogen (secondary N) is 1. The first-order chi connectivity index (χ1) is 12.1. The molecule has 2 amide bonds. The van der Waals surface area contributed by atoms with Crippen molar-refractivity contribution in [1.82, 2.24) is 15.2 Å². The Kier molecular flexibility index (Phi) is 3.21. The Hall–Kier alpha value is -3.42. The SMILES string of the molecule is COc1ccc(OC)c(N2C(=O)c3cnc4n[nH]c(C)c4c3C2=O)c1. The average molecular weight is 338 g/mol. The van der Waals surface area contributed by atoms with Crippen molar-refractivity contribution in [3.05, 3.63) is 41.2 Å². The van der Waals surface area contributed by atoms with Crippen LogP contribution in [0.25, 0.3) is 11.0 Å². The summed E-state index contributed by atoms with van der Waals surface area (Å²) in [5.74, 6) is 0.00329. The summed E-state index contributed by atoms with van der Waals surface area (Å²) in [6.45, 7) is 1.78. The Balaban J connectivity index is 1.94. The summed E-state index contributed by atoms with van der Waals surface area (Å²) < 4.78 is 10.5. The van der Waals surface area contributed by atoms with Gasteiger partial charge in [-0.25, -0.2) is 9.88 Å². The van der Waals surface area contributed by atoms with Gasteiger partial charge in [0.05, 0.1) is 36.4 Å². The van der Waals surface area contributed by atoms with E-state index in [1.165, 1.54) is 20.4 Å². The predicted octanol–water partition coefficient (Wildman–Crippen LogP) is 2.08. The van der Waals surface area contributed by atoms with Crippen LogP contribution in [0.4, 0.5) is 5.69 Å². The molecular formula is C17H14N4O4. The van der Waals surface area contributed by atoms with Crippen LogP contribution in [0.5, 0.6) is 11.5 Å². The number of ether oxygens (including phenoxy) is 2. The molecule has 0 fully saturated rings. The van der Waals surface area contributed by atoms with Gasteiger partial charge in [-0.05, 0) is 19.1 Å². The van der Waals surface area contributed by atoms with Crippen LogP contribution in [0.1, 0.15) is 26.4 Å². The van der Waals surface area contributed by atoms with Crippen LogP contribution < -0.4 is 14.4 Å². The number of carbonyl (C=O) groups is 2. The van der Waals surface area contributed by atoms with Crippen LogP contribution in [0.3, 0.4) is 0 Å². The number of imide groups is 1. The molecular weight excluding hydrogens is 324 g/mol. The quantitative estimate of drug-likeness (QED) is 0.734. The number of H-pyrrole nitrogens is 1. The number of anilines is 1. The van der Waals surface area contributed by atoms with E-state index in [2.05, 4.69) is 15.2 Å². The van der Waals surface area contributed by atoms with E-state index in [1.807, 2.05) is 0 Å². The number of benzene rings is 1. The van der Waals surface area contributed by atoms with Gasteiger partial charge in [0.1, 0.15) is 11.5 Å². The smallest absolute Gasteiger partial charge is 0.267 e. The van der Waals surface area contributed by atoms with E-state index in [0.717, 1.165) is 4.90 Å². The maximum atomic E-state index is 13.1. The van der Waals surface area contributed by atoms with E-state index in [1.54, 1.807) is 25.1 Å². The molecule has 4 rings (SSSR count). The molecule has 0 saturated carbocycles. The highest BCUT2D eigenvalue weighted by atomic mass is 16.5. The topological polar surface area (TPSA) is 97.4 Å². The number of pyridine rings is 1. The summed E-state index contributed by atoms with van der Waals surface area (Å²) in [6.07, 6.45) is 1.38. The Morgan fingerprint density at radius 2 is 1.92 bits per heavy atom. The van der Waals surface area contributed by atoms with E-state index in [4.69, 9.17) is 9.47 Å². The summed E-state index contributed by atoms with van der Waals surface area (Å²) in [5.41, 5.74) is 1.94. The molecule has 0 bridgehead atoms. The van der Waals surface area contributed by atoms with Crippen LogP contribution >= 0.6 is 0 Å². The molecule has 1 aliphatic rings. The molecule has 0 spiro atoms. The molecule has 126 valence electrons. The molecule has 0 atom stereocenters. The Bertz CT molecular complexity index is 1040. The first-order valence-electron chi connectivity index (χ1n) is 7.51. The van der Waals surface area contributed by atoms with Gasteiger partial charge in [0.25, 0.3) is 11.8 Å². The number of aromatic amines is 1. The van der Waals surface area contributed by atoms with Gasteiger partial charge in [-0.1, -0.05) is 0 Å². The molecule has 8 nitrogen and oxygen atoms in total. The molecule has 8 heteroatoms. The minimum atomic E-state index is -0.457. The molecule has 0 saturated heterocycles. The number of nitrogens with zero attached hydrogens (tertiary/aromatic N) is 3. The first-order valence-corrected chi connectivity index (χ1v) is 7.51. The zero-order valence-corrected chi connectivity index (χ0v) is 13.8. The Morgan fingerprint density at radius 1 is 1.12 bits per heavy atom. The molecule has 0 aliphatic carbocycles. The summed E-state index contributed by atoms with van der Waals surface area (Å²) in [4.78, 5) is 31.2. The van der Waals surface area contributed by atoms with Crippen molar-refractivity contribution in [3.63, 3.8) is 0 Å². The number of aryl methyl sites for hydroxylation is 1. The number of aromatic nitrogens is 3. The van der Waals surface area contributed by atoms with Crippen molar-refractivity contribution in [3.8, 4) is 11.5 Å². The molecule has 3 aromatic rings. The lowest BCUT2D eigenvalue weighted by molar-refractivity contribution is 0.0925. The maximum absolute atomic E-state index is 13.1. The maximum Gasteiger partial charge on any atom is 0.267 e. The van der Waals surface area contributed by atoms with Crippen LogP contribution in [0.15, 0.2) is 24.4 Å². The standard InChI is InChI=1S/C17H14N4O4/c1-8-13-14-10(7-18-15(13)20-19-8)16(22)21(17(14)23)11-6-9(24-2)4-5-12(11)25-3/h4-7H,1-3H3,(H,18,19,20). The van der Waals surface area contributed by atoms with E-state index in [0.29, 0.717) is 39.5 Å². The summed E-state index contributed by atoms with van der Waals surface area (Å²) in [5, 5.41) is 7.40. The normalized spacial score (nSPS) is 13.5. The first kappa shape index (κ1) is 15.1. The molecule has 25 heavy (non-hydrogen) atoms. The number of fused-ring (bicyclic) bond motifs is 3. The lowest BCUT2D eigenvalue weighted by Crippen LogP contribution is -2.29. The zero-order chi connectivity index (χ0) is 17.7. The summed E-state index contributed by atoms with van der Waals surface area (Å²) in [7, 11) is 2.99. The molecule has 0 unspecified atom stereocenters. The monoisotopic (exact) mass is 338 g/mol. The number of amides is 2. The molecule has 1 aromatic carbocycles. The third kappa shape index (κ3) is 2.00. The molecule has 1 N–H and O–H groups in total. The van der Waals surface area contributed by atoms with Gasteiger partial charge in [0, 0.05) is 18.0 Å². The van der Waals surface area contributed by atoms with Crippen molar-refractivity contribution in [2.75, 3.05) is 19.1 Å². The highest BCUT2D eigenvalue weighted by molar-refractivity contribution is 6.37. The van der Waals surface area contributed by atoms with Gasteiger partial charge >= 0.3 is 0 Å². The van der Waals surface area contributed by atoms with E-state index in [9.17, 15) is 9.59 Å². The summed E-state index contributed by atoms with van der Waals surface area (Å²) in [6, 6.07) is 4.93. The second kappa shape index (κ2) is 5.30. The van der Waals surface area contributed by atoms with Gasteiger partial charge in [0.2, 0.25) is 0 Å². The third-order valence-corrected chi connectivity index (χ3v) is 4.24. The zero-order valence-electron chi connectivity index (χ0n) is 13.8. The minimum Gasteiger partial charge on any atom is -0.497 e. The predicted molar refractivity (Wildman–Crippen MR) is 89.3 cm³/mol. The van der Waals surface area contributed by atoms with E-state index in [-0.39, 0.29) is 5.56 Å². The highest BCUT2D eigenvalue weighted by Gasteiger charge is 2.40. The average Bonchev–Trinajstić information content (AvgIpc) is 3.12. The van der Waals surface area contributed by atoms with Gasteiger partial charge in [-0.15, -0.1) is 0 Å². The molecule has 2 aromatic heterocycles. The minimum absolute atomic E-state index is 0.242. The lowest BCUT2D eigenvalue weighted by atomic mass is 10.1. The van der Waals surface area contributed by atoms with Crippen LogP contribution in [0.2, 0.25) is 0 Å². The molecule has 3 heterocycles. The number of hydrogen-bond donors (Lipinski definition) is 1. The van der Waals surface area contributed by atoms with Crippen LogP contribution in [-0.2, 0) is 0 Å². The Morgan fingerprint density at radius 3 is 2.64 bits per heavy atom. The van der Waals surface area contributed by atoms with Gasteiger partial charge in [-0.2, -0.15) is 5.10 Å². The Labute approximate surface area is 142 Å². The second-order valence-electron chi connectivity index (χ2n) is 5.58. The number of carbonyl (C=O) groups excluding carboxylic acids is 2. The van der Waals surface area contributed by atoms with Gasteiger partial charge < -0.3 is 9.47 Å². The van der Waals surface area contributed by atoms with Crippen molar-refractivity contribution in [2.24, 2.45) is 0 Å². The summed E-state index contributed by atoms with van der Waals surface area (Å²) >= 11 is 0. The van der Waals surface area contributed by atoms with Crippen LogP contribution in [0, 0.1) is 6.92 Å². The fraction of sp³-hybridized carbons (Fsp3) is 0.176. The number of methoxy groups -OCH3 is 2. The second-order valence-corrected chi connectivity index (χ2v) is 5.58. The van der Waals surface area contributed by atoms with Gasteiger partial charge in [0.15, 0.2) is 5.65 Å². The number of hydrogen-bond acceptors (Lipinski definition) is 6. The highest BCUT2D eigenvalue weighted by Crippen LogP contribution is 2.39. The third-order valence-electron chi connectivity index (χ3n) is 4.24. The van der Waals surface area contributed by atoms with Crippen molar-refractivity contribution >= 4 is 28.5 Å². The van der Waals surface area contributed by atoms with E-state index < -0.39 is 11.8 Å². The molecule has 1 aliphatic heterocycles. The van der Waals surface area contributed by atoms with Gasteiger partial charge in [-0.3, -0.25) is 14.7 Å². The van der Waals surface area contributed by atoms with Crippen molar-refractivity contribution in [2.45, 2.75) is 6.92 Å². The van der Waals surface area contributed by atoms with Crippen LogP contribution in [-0.4, -0.2) is 41.2 Å². The number of rotatable bonds is 3. The van der Waals surface area contributed by atoms with E-state index >= 15 is 0 Å². The van der Waals surface area contributed by atoms with Crippen molar-refractivity contribution in [1.29, 1.82) is 0 Å². The largest absolute Gasteiger partial charge is 0.497 e. The molecule has 0 radical (unpaired) electrons. The van der Waals surface area contributed by atoms with Crippen molar-refractivity contribution < 1.29 is 19.1 Å². The fourth-order valence-electron chi connectivity index (χ4n) is 3.03. The lowest BCUT2D eigenvalue weighted by Gasteiger charge is -2.18.